The van der Waals surface area contributed by atoms with E-state index in [1.165, 1.54) is 19.1 Å². The second-order valence-electron chi connectivity index (χ2n) is 5.08. The normalized spacial score (nSPS) is 11.2. The van der Waals surface area contributed by atoms with Crippen LogP contribution in [-0.4, -0.2) is 15.4 Å². The highest BCUT2D eigenvalue weighted by molar-refractivity contribution is 5.91. The Bertz CT molecular complexity index is 890. The molecular weight excluding hydrogens is 343 g/mol. The molecule has 0 aliphatic carbocycles. The van der Waals surface area contributed by atoms with Crippen molar-refractivity contribution >= 4 is 17.3 Å². The first-order valence-electron chi connectivity index (χ1n) is 6.92. The molecule has 1 aromatic heterocycles. The smallest absolute Gasteiger partial charge is 0.324 e. The molecule has 0 aliphatic rings. The zero-order valence-electron chi connectivity index (χ0n) is 12.8. The van der Waals surface area contributed by atoms with Crippen molar-refractivity contribution in [3.63, 3.8) is 0 Å². The van der Waals surface area contributed by atoms with Crippen molar-refractivity contribution in [1.82, 2.24) is 4.57 Å². The van der Waals surface area contributed by atoms with Gasteiger partial charge in [-0.05, 0) is 19.1 Å². The summed E-state index contributed by atoms with van der Waals surface area (Å²) in [6, 6.07) is 6.29. The molecule has 0 bridgehead atoms. The third kappa shape index (κ3) is 4.03. The molecule has 1 heterocycles. The molecule has 1 aromatic carbocycles. The number of anilines is 1. The molecule has 0 fully saturated rings. The van der Waals surface area contributed by atoms with Gasteiger partial charge in [-0.15, -0.1) is 0 Å². The summed E-state index contributed by atoms with van der Waals surface area (Å²) in [6.07, 6.45) is -4.66. The molecule has 0 radical (unpaired) electrons. The number of carbonyl (C=O) groups excluding carboxylic acids is 1. The lowest BCUT2D eigenvalue weighted by Crippen LogP contribution is -2.29. The van der Waals surface area contributed by atoms with Crippen LogP contribution >= 0.6 is 0 Å². The van der Waals surface area contributed by atoms with Gasteiger partial charge in [-0.1, -0.05) is 12.1 Å². The minimum Gasteiger partial charge on any atom is -0.324 e. The highest BCUT2D eigenvalue weighted by atomic mass is 19.4. The Morgan fingerprint density at radius 3 is 2.48 bits per heavy atom. The van der Waals surface area contributed by atoms with E-state index in [0.29, 0.717) is 0 Å². The number of amides is 1. The van der Waals surface area contributed by atoms with E-state index in [4.69, 9.17) is 0 Å². The number of nitro groups is 1. The SMILES string of the molecule is Cc1c([N+](=O)[O-])ccc(=O)n1CC(=O)Nc1ccccc1C(F)(F)F. The maximum absolute atomic E-state index is 12.9. The van der Waals surface area contributed by atoms with Crippen molar-refractivity contribution < 1.29 is 22.9 Å². The molecule has 1 N–H and O–H groups in total. The molecular formula is C15H12F3N3O4. The average Bonchev–Trinajstić information content (AvgIpc) is 2.50. The summed E-state index contributed by atoms with van der Waals surface area (Å²) < 4.78 is 39.6. The van der Waals surface area contributed by atoms with Crippen LogP contribution in [-0.2, 0) is 17.5 Å². The van der Waals surface area contributed by atoms with E-state index in [2.05, 4.69) is 5.32 Å². The van der Waals surface area contributed by atoms with Crippen LogP contribution in [0.4, 0.5) is 24.5 Å². The average molecular weight is 355 g/mol. The zero-order valence-corrected chi connectivity index (χ0v) is 12.8. The predicted octanol–water partition coefficient (Wildman–Crippen LogP) is 2.72. The van der Waals surface area contributed by atoms with Gasteiger partial charge in [0.15, 0.2) is 0 Å². The van der Waals surface area contributed by atoms with E-state index in [1.54, 1.807) is 0 Å². The van der Waals surface area contributed by atoms with Crippen LogP contribution in [0.2, 0.25) is 0 Å². The molecule has 0 aliphatic heterocycles. The number of aromatic nitrogens is 1. The predicted molar refractivity (Wildman–Crippen MR) is 82.2 cm³/mol. The summed E-state index contributed by atoms with van der Waals surface area (Å²) in [5.41, 5.74) is -2.62. The minimum absolute atomic E-state index is 0.0724. The Balaban J connectivity index is 2.30. The van der Waals surface area contributed by atoms with Gasteiger partial charge in [-0.3, -0.25) is 24.3 Å². The molecule has 0 saturated carbocycles. The van der Waals surface area contributed by atoms with Crippen molar-refractivity contribution in [2.24, 2.45) is 0 Å². The van der Waals surface area contributed by atoms with E-state index in [1.807, 2.05) is 0 Å². The number of alkyl halides is 3. The number of halogens is 3. The molecule has 1 amide bonds. The van der Waals surface area contributed by atoms with Crippen LogP contribution in [0.15, 0.2) is 41.2 Å². The molecule has 10 heteroatoms. The van der Waals surface area contributed by atoms with Gasteiger partial charge in [0.25, 0.3) is 11.2 Å². The van der Waals surface area contributed by atoms with E-state index >= 15 is 0 Å². The summed E-state index contributed by atoms with van der Waals surface area (Å²) in [4.78, 5) is 34.0. The third-order valence-corrected chi connectivity index (χ3v) is 3.43. The van der Waals surface area contributed by atoms with E-state index in [-0.39, 0.29) is 11.4 Å². The first-order valence-corrected chi connectivity index (χ1v) is 6.92. The van der Waals surface area contributed by atoms with Gasteiger partial charge in [0.05, 0.1) is 21.9 Å². The highest BCUT2D eigenvalue weighted by Gasteiger charge is 2.33. The highest BCUT2D eigenvalue weighted by Crippen LogP contribution is 2.34. The topological polar surface area (TPSA) is 94.2 Å². The minimum atomic E-state index is -4.66. The monoisotopic (exact) mass is 355 g/mol. The second-order valence-corrected chi connectivity index (χ2v) is 5.08. The number of nitrogens with zero attached hydrogens (tertiary/aromatic N) is 2. The molecule has 0 unspecified atom stereocenters. The zero-order chi connectivity index (χ0) is 18.8. The van der Waals surface area contributed by atoms with E-state index in [9.17, 15) is 32.9 Å². The number of carbonyl (C=O) groups is 1. The molecule has 0 spiro atoms. The van der Waals surface area contributed by atoms with Gasteiger partial charge in [0.1, 0.15) is 6.54 Å². The fraction of sp³-hybridized carbons (Fsp3) is 0.200. The number of benzene rings is 1. The molecule has 132 valence electrons. The van der Waals surface area contributed by atoms with Crippen molar-refractivity contribution in [1.29, 1.82) is 0 Å². The lowest BCUT2D eigenvalue weighted by atomic mass is 10.1. The Labute approximate surface area is 138 Å². The number of hydrogen-bond donors (Lipinski definition) is 1. The Kier molecular flexibility index (Phi) is 4.91. The van der Waals surface area contributed by atoms with Gasteiger partial charge in [0, 0.05) is 12.1 Å². The van der Waals surface area contributed by atoms with Crippen LogP contribution in [0.25, 0.3) is 0 Å². The van der Waals surface area contributed by atoms with Gasteiger partial charge in [-0.2, -0.15) is 13.2 Å². The summed E-state index contributed by atoms with van der Waals surface area (Å²) in [5, 5.41) is 13.0. The summed E-state index contributed by atoms with van der Waals surface area (Å²) in [6.45, 7) is 0.620. The molecule has 2 aromatic rings. The number of hydrogen-bond acceptors (Lipinski definition) is 4. The van der Waals surface area contributed by atoms with Crippen LogP contribution in [0.3, 0.4) is 0 Å². The molecule has 2 rings (SSSR count). The number of para-hydroxylation sites is 1. The maximum atomic E-state index is 12.9. The quantitative estimate of drug-likeness (QED) is 0.674. The second kappa shape index (κ2) is 6.75. The first-order chi connectivity index (χ1) is 11.6. The van der Waals surface area contributed by atoms with Crippen LogP contribution in [0.5, 0.6) is 0 Å². The lowest BCUT2D eigenvalue weighted by molar-refractivity contribution is -0.386. The molecule has 0 saturated heterocycles. The summed E-state index contributed by atoms with van der Waals surface area (Å²) in [5.74, 6) is -0.914. The molecule has 0 atom stereocenters. The Hall–Kier alpha value is -3.17. The van der Waals surface area contributed by atoms with Crippen molar-refractivity contribution in [3.05, 3.63) is 68.1 Å². The van der Waals surface area contributed by atoms with Gasteiger partial charge < -0.3 is 5.32 Å². The number of pyridine rings is 1. The van der Waals surface area contributed by atoms with Crippen molar-refractivity contribution in [2.75, 3.05) is 5.32 Å². The van der Waals surface area contributed by atoms with E-state index < -0.39 is 40.4 Å². The summed E-state index contributed by atoms with van der Waals surface area (Å²) >= 11 is 0. The third-order valence-electron chi connectivity index (χ3n) is 3.43. The van der Waals surface area contributed by atoms with Crippen molar-refractivity contribution in [2.45, 2.75) is 19.6 Å². The number of rotatable bonds is 4. The largest absolute Gasteiger partial charge is 0.418 e. The summed E-state index contributed by atoms with van der Waals surface area (Å²) in [7, 11) is 0. The van der Waals surface area contributed by atoms with Gasteiger partial charge in [0.2, 0.25) is 5.91 Å². The lowest BCUT2D eigenvalue weighted by Gasteiger charge is -2.14. The van der Waals surface area contributed by atoms with Gasteiger partial charge in [-0.25, -0.2) is 0 Å². The van der Waals surface area contributed by atoms with E-state index in [0.717, 1.165) is 28.8 Å². The fourth-order valence-electron chi connectivity index (χ4n) is 2.23. The Morgan fingerprint density at radius 1 is 1.24 bits per heavy atom. The number of nitrogens with one attached hydrogen (secondary N) is 1. The Morgan fingerprint density at radius 2 is 1.88 bits per heavy atom. The first kappa shape index (κ1) is 18.2. The van der Waals surface area contributed by atoms with Crippen LogP contribution in [0.1, 0.15) is 11.3 Å². The maximum Gasteiger partial charge on any atom is 0.418 e. The van der Waals surface area contributed by atoms with Crippen molar-refractivity contribution in [3.8, 4) is 0 Å². The standard InChI is InChI=1S/C15H12F3N3O4/c1-9-12(21(24)25)6-7-14(23)20(9)8-13(22)19-11-5-3-2-4-10(11)15(16,17)18/h2-7H,8H2,1H3,(H,19,22). The fourth-order valence-corrected chi connectivity index (χ4v) is 2.23. The van der Waals surface area contributed by atoms with Gasteiger partial charge >= 0.3 is 6.18 Å². The van der Waals surface area contributed by atoms with Crippen LogP contribution < -0.4 is 10.9 Å². The molecule has 7 nitrogen and oxygen atoms in total. The molecule has 25 heavy (non-hydrogen) atoms. The van der Waals surface area contributed by atoms with Crippen LogP contribution in [0, 0.1) is 17.0 Å².